The quantitative estimate of drug-likeness (QED) is 0.158. The average molecular weight is 725 g/mol. The highest BCUT2D eigenvalue weighted by Gasteiger charge is 2.43. The molecule has 0 saturated carbocycles. The molecule has 0 saturated heterocycles. The summed E-state index contributed by atoms with van der Waals surface area (Å²) in [6.07, 6.45) is 6.00. The average Bonchev–Trinajstić information content (AvgIpc) is 3.58. The fourth-order valence-electron chi connectivity index (χ4n) is 9.20. The lowest BCUT2D eigenvalue weighted by atomic mass is 9.69. The number of carboxylic acid groups (broad SMARTS) is 1. The number of aliphatic carboxylic acids is 1. The fourth-order valence-corrected chi connectivity index (χ4v) is 10.2. The molecule has 274 valence electrons. The van der Waals surface area contributed by atoms with Crippen LogP contribution in [0.3, 0.4) is 0 Å². The number of carbonyl (C=O) groups is 1. The van der Waals surface area contributed by atoms with Gasteiger partial charge in [-0.1, -0.05) is 67.5 Å². The lowest BCUT2D eigenvalue weighted by molar-refractivity contribution is -0.132. The van der Waals surface area contributed by atoms with Crippen LogP contribution in [0.4, 0.5) is 28.4 Å². The Bertz CT molecular complexity index is 2040. The Morgan fingerprint density at radius 3 is 1.47 bits per heavy atom. The van der Waals surface area contributed by atoms with Crippen molar-refractivity contribution in [3.63, 3.8) is 0 Å². The van der Waals surface area contributed by atoms with Gasteiger partial charge in [0.25, 0.3) is 0 Å². The molecule has 7 heteroatoms. The predicted octanol–water partition coefficient (Wildman–Crippen LogP) is 11.2. The molecule has 53 heavy (non-hydrogen) atoms. The number of nitriles is 1. The van der Waals surface area contributed by atoms with Crippen LogP contribution in [-0.2, 0) is 26.5 Å². The summed E-state index contributed by atoms with van der Waals surface area (Å²) in [5, 5.41) is 18.7. The molecular weight excluding hydrogens is 673 g/mol. The molecule has 6 nitrogen and oxygen atoms in total. The van der Waals surface area contributed by atoms with Crippen molar-refractivity contribution in [3.05, 3.63) is 93.4 Å². The van der Waals surface area contributed by atoms with E-state index in [2.05, 4.69) is 119 Å². The Hall–Kier alpha value is -4.54. The van der Waals surface area contributed by atoms with E-state index in [1.807, 2.05) is 12.1 Å². The molecule has 0 spiro atoms. The Labute approximate surface area is 319 Å². The van der Waals surface area contributed by atoms with Crippen LogP contribution in [0.15, 0.2) is 66.2 Å². The van der Waals surface area contributed by atoms with E-state index in [1.165, 1.54) is 62.4 Å². The first-order chi connectivity index (χ1) is 25.0. The van der Waals surface area contributed by atoms with Crippen molar-refractivity contribution >= 4 is 51.8 Å². The monoisotopic (exact) mass is 724 g/mol. The maximum atomic E-state index is 11.5. The lowest BCUT2D eigenvalue weighted by Crippen LogP contribution is -2.45. The van der Waals surface area contributed by atoms with Gasteiger partial charge >= 0.3 is 5.97 Å². The first kappa shape index (κ1) is 35.5. The molecule has 0 aliphatic carbocycles. The lowest BCUT2D eigenvalue weighted by Gasteiger charge is -2.49. The van der Waals surface area contributed by atoms with Crippen molar-refractivity contribution in [2.24, 2.45) is 0 Å². The number of thiophene rings is 1. The molecule has 0 bridgehead atoms. The standard InChI is InChI=1S/C46H52N4O2S/c1-43(2)15-19-48-20-16-44(3,4)36-25-32(24-35(43)40(36)48)50(31-11-9-29(10-12-31)39-14-13-34(53-39)23-30(28-47)42(51)52)33-26-37-41-38(27-33)46(7,8)18-22-49(41)21-17-45(37,5)6/h9-14,23-27H,15-22H2,1-8H3,(H,51,52). The van der Waals surface area contributed by atoms with E-state index >= 15 is 0 Å². The number of rotatable bonds is 6. The SMILES string of the molecule is CC1(C)CCN2CCC(C)(C)c3cc(N(c4ccc(-c5ccc(C=C(C#N)C(=O)O)s5)cc4)c4cc5c6c(c4)C(C)(C)CCN6CCC5(C)C)cc1c32. The molecule has 4 aliphatic rings. The molecule has 1 N–H and O–H groups in total. The van der Waals surface area contributed by atoms with Crippen LogP contribution in [-0.4, -0.2) is 37.3 Å². The van der Waals surface area contributed by atoms with Crippen LogP contribution in [0.2, 0.25) is 0 Å². The van der Waals surface area contributed by atoms with Gasteiger partial charge in [-0.05, 0) is 130 Å². The Balaban J connectivity index is 1.33. The van der Waals surface area contributed by atoms with Gasteiger partial charge < -0.3 is 19.8 Å². The molecule has 0 radical (unpaired) electrons. The second-order valence-electron chi connectivity index (χ2n) is 18.3. The summed E-state index contributed by atoms with van der Waals surface area (Å²) in [5.74, 6) is -1.21. The third-order valence-electron chi connectivity index (χ3n) is 13.0. The van der Waals surface area contributed by atoms with Crippen molar-refractivity contribution in [2.75, 3.05) is 40.9 Å². The van der Waals surface area contributed by atoms with Gasteiger partial charge in [0.2, 0.25) is 0 Å². The zero-order valence-corrected chi connectivity index (χ0v) is 33.4. The predicted molar refractivity (Wildman–Crippen MR) is 221 cm³/mol. The van der Waals surface area contributed by atoms with Crippen LogP contribution in [0.1, 0.15) is 108 Å². The number of benzene rings is 3. The van der Waals surface area contributed by atoms with Crippen LogP contribution >= 0.6 is 11.3 Å². The normalized spacial score (nSPS) is 20.2. The Kier molecular flexibility index (Phi) is 8.20. The van der Waals surface area contributed by atoms with Gasteiger partial charge in [-0.15, -0.1) is 11.3 Å². The maximum Gasteiger partial charge on any atom is 0.346 e. The molecule has 8 rings (SSSR count). The first-order valence-corrected chi connectivity index (χ1v) is 20.0. The van der Waals surface area contributed by atoms with Crippen LogP contribution in [0.25, 0.3) is 16.5 Å². The molecule has 4 aromatic rings. The van der Waals surface area contributed by atoms with Crippen LogP contribution in [0, 0.1) is 11.3 Å². The van der Waals surface area contributed by atoms with E-state index < -0.39 is 5.97 Å². The van der Waals surface area contributed by atoms with E-state index in [-0.39, 0.29) is 27.2 Å². The third kappa shape index (κ3) is 5.94. The van der Waals surface area contributed by atoms with Gasteiger partial charge in [0.1, 0.15) is 11.6 Å². The first-order valence-electron chi connectivity index (χ1n) is 19.2. The highest BCUT2D eigenvalue weighted by molar-refractivity contribution is 7.16. The summed E-state index contributed by atoms with van der Waals surface area (Å²) >= 11 is 1.49. The van der Waals surface area contributed by atoms with Crippen molar-refractivity contribution in [2.45, 2.75) is 103 Å². The molecule has 0 fully saturated rings. The summed E-state index contributed by atoms with van der Waals surface area (Å²) < 4.78 is 0. The highest BCUT2D eigenvalue weighted by atomic mass is 32.1. The zero-order valence-electron chi connectivity index (χ0n) is 32.6. The van der Waals surface area contributed by atoms with E-state index in [4.69, 9.17) is 0 Å². The smallest absolute Gasteiger partial charge is 0.346 e. The minimum Gasteiger partial charge on any atom is -0.477 e. The molecule has 5 heterocycles. The van der Waals surface area contributed by atoms with Crippen molar-refractivity contribution in [3.8, 4) is 16.5 Å². The molecular formula is C46H52N4O2S. The molecule has 4 aliphatic heterocycles. The van der Waals surface area contributed by atoms with E-state index in [1.54, 1.807) is 6.07 Å². The number of anilines is 5. The molecule has 0 unspecified atom stereocenters. The Morgan fingerprint density at radius 2 is 1.09 bits per heavy atom. The Morgan fingerprint density at radius 1 is 0.679 bits per heavy atom. The van der Waals surface area contributed by atoms with Gasteiger partial charge in [0, 0.05) is 64.4 Å². The summed E-state index contributed by atoms with van der Waals surface area (Å²) in [7, 11) is 0. The summed E-state index contributed by atoms with van der Waals surface area (Å²) in [6, 6.07) is 24.5. The molecule has 0 atom stereocenters. The van der Waals surface area contributed by atoms with Gasteiger partial charge in [-0.2, -0.15) is 5.26 Å². The second-order valence-corrected chi connectivity index (χ2v) is 19.5. The number of nitrogens with zero attached hydrogens (tertiary/aromatic N) is 4. The van der Waals surface area contributed by atoms with E-state index in [0.29, 0.717) is 0 Å². The molecule has 1 aromatic heterocycles. The highest BCUT2D eigenvalue weighted by Crippen LogP contribution is 2.55. The summed E-state index contributed by atoms with van der Waals surface area (Å²) in [4.78, 5) is 21.1. The number of carboxylic acids is 1. The van der Waals surface area contributed by atoms with E-state index in [0.717, 1.165) is 72.9 Å². The van der Waals surface area contributed by atoms with Crippen LogP contribution in [0.5, 0.6) is 0 Å². The van der Waals surface area contributed by atoms with Crippen LogP contribution < -0.4 is 14.7 Å². The maximum absolute atomic E-state index is 11.5. The van der Waals surface area contributed by atoms with Gasteiger partial charge in [-0.25, -0.2) is 4.79 Å². The minimum atomic E-state index is -1.21. The van der Waals surface area contributed by atoms with E-state index in [9.17, 15) is 15.2 Å². The van der Waals surface area contributed by atoms with Gasteiger partial charge in [-0.3, -0.25) is 0 Å². The zero-order chi connectivity index (χ0) is 37.7. The van der Waals surface area contributed by atoms with Gasteiger partial charge in [0.15, 0.2) is 0 Å². The van der Waals surface area contributed by atoms with Crippen molar-refractivity contribution in [1.29, 1.82) is 5.26 Å². The number of hydrogen-bond donors (Lipinski definition) is 1. The fraction of sp³-hybridized carbons (Fsp3) is 0.435. The van der Waals surface area contributed by atoms with Gasteiger partial charge in [0.05, 0.1) is 0 Å². The second kappa shape index (κ2) is 12.2. The minimum absolute atomic E-state index is 0.0588. The topological polar surface area (TPSA) is 70.8 Å². The third-order valence-corrected chi connectivity index (χ3v) is 14.0. The number of hydrogen-bond acceptors (Lipinski definition) is 6. The molecule has 3 aromatic carbocycles. The van der Waals surface area contributed by atoms with Crippen molar-refractivity contribution in [1.82, 2.24) is 0 Å². The summed E-state index contributed by atoms with van der Waals surface area (Å²) in [5.41, 5.74) is 13.3. The largest absolute Gasteiger partial charge is 0.477 e. The molecule has 0 amide bonds. The summed E-state index contributed by atoms with van der Waals surface area (Å²) in [6.45, 7) is 23.8. The van der Waals surface area contributed by atoms with Crippen molar-refractivity contribution < 1.29 is 9.90 Å².